The summed E-state index contributed by atoms with van der Waals surface area (Å²) in [4.78, 5) is 12.4. The van der Waals surface area contributed by atoms with Crippen molar-refractivity contribution >= 4 is 18.6 Å². The Morgan fingerprint density at radius 3 is 2.71 bits per heavy atom. The molecule has 0 aromatic rings. The van der Waals surface area contributed by atoms with Crippen molar-refractivity contribution in [1.29, 1.82) is 0 Å². The molecular formula is C10H20NO2S+. The molecule has 0 spiro atoms. The van der Waals surface area contributed by atoms with Gasteiger partial charge < -0.3 is 9.64 Å². The third-order valence-corrected chi connectivity index (χ3v) is 3.09. The number of rotatable bonds is 4. The highest BCUT2D eigenvalue weighted by atomic mass is 32.1. The van der Waals surface area contributed by atoms with Crippen LogP contribution in [0.15, 0.2) is 0 Å². The number of hydrogen-bond donors (Lipinski definition) is 2. The van der Waals surface area contributed by atoms with Crippen LogP contribution < -0.4 is 4.90 Å². The lowest BCUT2D eigenvalue weighted by atomic mass is 9.99. The van der Waals surface area contributed by atoms with Crippen LogP contribution in [-0.4, -0.2) is 38.0 Å². The predicted molar refractivity (Wildman–Crippen MR) is 58.8 cm³/mol. The lowest BCUT2D eigenvalue weighted by Crippen LogP contribution is -3.13. The van der Waals surface area contributed by atoms with Crippen LogP contribution in [0, 0.1) is 5.92 Å². The zero-order valence-corrected chi connectivity index (χ0v) is 9.69. The summed E-state index contributed by atoms with van der Waals surface area (Å²) in [5, 5.41) is 0. The molecule has 1 saturated heterocycles. The molecule has 0 aliphatic carbocycles. The molecule has 0 aromatic heterocycles. The molecule has 14 heavy (non-hydrogen) atoms. The van der Waals surface area contributed by atoms with Crippen LogP contribution >= 0.6 is 12.6 Å². The Labute approximate surface area is 91.2 Å². The third-order valence-electron chi connectivity index (χ3n) is 2.83. The van der Waals surface area contributed by atoms with E-state index >= 15 is 0 Å². The van der Waals surface area contributed by atoms with E-state index in [1.165, 1.54) is 25.9 Å². The van der Waals surface area contributed by atoms with E-state index in [9.17, 15) is 4.79 Å². The number of esters is 1. The first-order valence-electron chi connectivity index (χ1n) is 5.32. The van der Waals surface area contributed by atoms with Crippen molar-refractivity contribution in [3.05, 3.63) is 0 Å². The molecule has 0 aromatic carbocycles. The second-order valence-corrected chi connectivity index (χ2v) is 4.38. The quantitative estimate of drug-likeness (QED) is 0.505. The van der Waals surface area contributed by atoms with Gasteiger partial charge in [0.25, 0.3) is 0 Å². The normalized spacial score (nSPS) is 27.3. The zero-order valence-electron chi connectivity index (χ0n) is 8.79. The average molecular weight is 218 g/mol. The second kappa shape index (κ2) is 6.30. The standard InChI is InChI=1S/C10H19NO2S/c1-9-2-4-11(5-3-9)6-7-13-10(12)8-14/h9,14H,2-8H2,1H3/p+1. The molecule has 1 aliphatic rings. The summed E-state index contributed by atoms with van der Waals surface area (Å²) < 4.78 is 4.98. The highest BCUT2D eigenvalue weighted by molar-refractivity contribution is 7.81. The number of nitrogens with one attached hydrogen (secondary N) is 1. The lowest BCUT2D eigenvalue weighted by molar-refractivity contribution is -0.906. The van der Waals surface area contributed by atoms with Crippen LogP contribution in [0.5, 0.6) is 0 Å². The van der Waals surface area contributed by atoms with E-state index < -0.39 is 0 Å². The molecule has 0 bridgehead atoms. The van der Waals surface area contributed by atoms with E-state index in [4.69, 9.17) is 4.74 Å². The van der Waals surface area contributed by atoms with Gasteiger partial charge in [0.15, 0.2) is 0 Å². The van der Waals surface area contributed by atoms with Gasteiger partial charge in [-0.1, -0.05) is 6.92 Å². The first-order valence-corrected chi connectivity index (χ1v) is 5.95. The molecule has 1 heterocycles. The number of carbonyl (C=O) groups is 1. The molecule has 0 unspecified atom stereocenters. The van der Waals surface area contributed by atoms with E-state index in [-0.39, 0.29) is 11.7 Å². The highest BCUT2D eigenvalue weighted by Crippen LogP contribution is 2.06. The minimum atomic E-state index is -0.210. The number of carbonyl (C=O) groups excluding carboxylic acids is 1. The topological polar surface area (TPSA) is 30.7 Å². The van der Waals surface area contributed by atoms with Gasteiger partial charge in [-0.15, -0.1) is 0 Å². The van der Waals surface area contributed by atoms with Gasteiger partial charge in [-0.2, -0.15) is 12.6 Å². The minimum absolute atomic E-state index is 0.187. The highest BCUT2D eigenvalue weighted by Gasteiger charge is 2.18. The Balaban J connectivity index is 2.04. The fourth-order valence-electron chi connectivity index (χ4n) is 1.78. The summed E-state index contributed by atoms with van der Waals surface area (Å²) in [7, 11) is 0. The fourth-order valence-corrected chi connectivity index (χ4v) is 1.87. The Kier molecular flexibility index (Phi) is 5.33. The largest absolute Gasteiger partial charge is 0.459 e. The molecule has 82 valence electrons. The van der Waals surface area contributed by atoms with E-state index in [1.54, 1.807) is 4.90 Å². The number of quaternary nitrogens is 1. The van der Waals surface area contributed by atoms with Crippen molar-refractivity contribution in [2.24, 2.45) is 5.92 Å². The Morgan fingerprint density at radius 2 is 2.14 bits per heavy atom. The van der Waals surface area contributed by atoms with Crippen molar-refractivity contribution in [1.82, 2.24) is 0 Å². The SMILES string of the molecule is CC1CC[NH+](CCOC(=O)CS)CC1. The maximum atomic E-state index is 10.8. The van der Waals surface area contributed by atoms with Gasteiger partial charge in [0.1, 0.15) is 13.2 Å². The van der Waals surface area contributed by atoms with Crippen LogP contribution in [0.3, 0.4) is 0 Å². The van der Waals surface area contributed by atoms with Gasteiger partial charge in [-0.25, -0.2) is 0 Å². The molecule has 0 amide bonds. The summed E-state index contributed by atoms with van der Waals surface area (Å²) in [5.74, 6) is 0.851. The van der Waals surface area contributed by atoms with Crippen molar-refractivity contribution in [2.75, 3.05) is 32.0 Å². The Morgan fingerprint density at radius 1 is 1.50 bits per heavy atom. The average Bonchev–Trinajstić information content (AvgIpc) is 2.21. The van der Waals surface area contributed by atoms with Crippen LogP contribution in [0.4, 0.5) is 0 Å². The van der Waals surface area contributed by atoms with Crippen LogP contribution in [-0.2, 0) is 9.53 Å². The maximum Gasteiger partial charge on any atom is 0.315 e. The Bertz CT molecular complexity index is 179. The summed E-state index contributed by atoms with van der Waals surface area (Å²) >= 11 is 3.85. The first-order chi connectivity index (χ1) is 6.72. The van der Waals surface area contributed by atoms with Gasteiger partial charge in [-0.05, 0) is 18.8 Å². The molecule has 0 atom stereocenters. The van der Waals surface area contributed by atoms with Crippen molar-refractivity contribution in [3.8, 4) is 0 Å². The summed E-state index contributed by atoms with van der Waals surface area (Å²) in [6, 6.07) is 0. The molecule has 1 fully saturated rings. The number of likely N-dealkylation sites (tertiary alicyclic amines) is 1. The minimum Gasteiger partial charge on any atom is -0.459 e. The van der Waals surface area contributed by atoms with Crippen LogP contribution in [0.1, 0.15) is 19.8 Å². The molecule has 0 radical (unpaired) electrons. The van der Waals surface area contributed by atoms with E-state index in [1.807, 2.05) is 0 Å². The summed E-state index contributed by atoms with van der Waals surface area (Å²) in [6.07, 6.45) is 2.60. The summed E-state index contributed by atoms with van der Waals surface area (Å²) in [6.45, 7) is 6.24. The lowest BCUT2D eigenvalue weighted by Gasteiger charge is -2.26. The predicted octanol–water partition coefficient (Wildman–Crippen LogP) is -0.226. The molecular weight excluding hydrogens is 198 g/mol. The Hall–Kier alpha value is -0.220. The van der Waals surface area contributed by atoms with Gasteiger partial charge in [0.2, 0.25) is 0 Å². The van der Waals surface area contributed by atoms with Crippen molar-refractivity contribution < 1.29 is 14.4 Å². The second-order valence-electron chi connectivity index (χ2n) is 4.06. The van der Waals surface area contributed by atoms with E-state index in [2.05, 4.69) is 19.6 Å². The van der Waals surface area contributed by atoms with Crippen molar-refractivity contribution in [3.63, 3.8) is 0 Å². The van der Waals surface area contributed by atoms with E-state index in [0.717, 1.165) is 12.5 Å². The smallest absolute Gasteiger partial charge is 0.315 e. The zero-order chi connectivity index (χ0) is 10.4. The van der Waals surface area contributed by atoms with Gasteiger partial charge in [0, 0.05) is 0 Å². The number of thiol groups is 1. The van der Waals surface area contributed by atoms with Gasteiger partial charge in [-0.3, -0.25) is 4.79 Å². The van der Waals surface area contributed by atoms with Crippen molar-refractivity contribution in [2.45, 2.75) is 19.8 Å². The molecule has 1 rings (SSSR count). The molecule has 3 nitrogen and oxygen atoms in total. The monoisotopic (exact) mass is 218 g/mol. The molecule has 4 heteroatoms. The molecule has 1 N–H and O–H groups in total. The molecule has 1 aliphatic heterocycles. The first kappa shape index (κ1) is 11.9. The van der Waals surface area contributed by atoms with E-state index in [0.29, 0.717) is 6.61 Å². The third kappa shape index (κ3) is 4.33. The van der Waals surface area contributed by atoms with Crippen LogP contribution in [0.2, 0.25) is 0 Å². The number of hydrogen-bond acceptors (Lipinski definition) is 3. The number of ether oxygens (including phenoxy) is 1. The van der Waals surface area contributed by atoms with Gasteiger partial charge in [0.05, 0.1) is 18.8 Å². The summed E-state index contributed by atoms with van der Waals surface area (Å²) in [5.41, 5.74) is 0. The van der Waals surface area contributed by atoms with Crippen LogP contribution in [0.25, 0.3) is 0 Å². The maximum absolute atomic E-state index is 10.8. The fraction of sp³-hybridized carbons (Fsp3) is 0.900. The van der Waals surface area contributed by atoms with Gasteiger partial charge >= 0.3 is 5.97 Å². The number of piperidine rings is 1. The molecule has 0 saturated carbocycles.